The van der Waals surface area contributed by atoms with Crippen molar-refractivity contribution < 1.29 is 19.1 Å². The maximum Gasteiger partial charge on any atom is 0.339 e. The number of rotatable bonds is 12. The van der Waals surface area contributed by atoms with Crippen molar-refractivity contribution >= 4 is 45.9 Å². The number of nitrogens with zero attached hydrogens (tertiary/aromatic N) is 2. The van der Waals surface area contributed by atoms with Crippen molar-refractivity contribution in [3.8, 4) is 0 Å². The molecule has 0 amide bonds. The second-order valence-corrected chi connectivity index (χ2v) is 8.17. The first kappa shape index (κ1) is 28.6. The molecular formula is C28H37ClN2O4. The highest BCUT2D eigenvalue weighted by Crippen LogP contribution is 2.34. The summed E-state index contributed by atoms with van der Waals surface area (Å²) in [6.45, 7) is 14.0. The molecule has 0 aliphatic rings. The highest BCUT2D eigenvalue weighted by atomic mass is 35.5. The molecule has 3 aromatic rings. The van der Waals surface area contributed by atoms with E-state index in [4.69, 9.17) is 9.47 Å². The van der Waals surface area contributed by atoms with Gasteiger partial charge in [0, 0.05) is 13.1 Å². The van der Waals surface area contributed by atoms with Crippen LogP contribution in [0.2, 0.25) is 0 Å². The third-order valence-electron chi connectivity index (χ3n) is 6.41. The molecule has 0 radical (unpaired) electrons. The van der Waals surface area contributed by atoms with Crippen LogP contribution in [0.25, 0.3) is 21.5 Å². The van der Waals surface area contributed by atoms with E-state index in [9.17, 15) is 9.59 Å². The Morgan fingerprint density at radius 2 is 0.886 bits per heavy atom. The zero-order chi connectivity index (χ0) is 24.5. The number of hydrogen-bond acceptors (Lipinski definition) is 6. The fourth-order valence-corrected chi connectivity index (χ4v) is 4.33. The molecule has 0 aliphatic heterocycles. The standard InChI is InChI=1S/C28H36N2O4.ClH/c1-5-29(6-2)17-19-33-27(31)25-21-13-9-11-15-23(21)26(24-16-12-10-14-22(24)25)28(32)34-20-18-30(7-3)8-4;/h9-16H,5-8,17-20H2,1-4H3;1H. The van der Waals surface area contributed by atoms with Crippen molar-refractivity contribution in [3.05, 3.63) is 59.7 Å². The minimum atomic E-state index is -0.374. The van der Waals surface area contributed by atoms with E-state index in [1.165, 1.54) is 0 Å². The normalized spacial score (nSPS) is 11.1. The van der Waals surface area contributed by atoms with Crippen molar-refractivity contribution in [1.29, 1.82) is 0 Å². The van der Waals surface area contributed by atoms with Gasteiger partial charge in [-0.05, 0) is 47.7 Å². The Morgan fingerprint density at radius 3 is 1.14 bits per heavy atom. The molecule has 0 unspecified atom stereocenters. The van der Waals surface area contributed by atoms with E-state index >= 15 is 0 Å². The number of hydrogen-bond donors (Lipinski definition) is 0. The van der Waals surface area contributed by atoms with Crippen LogP contribution < -0.4 is 0 Å². The van der Waals surface area contributed by atoms with Gasteiger partial charge in [-0.15, -0.1) is 12.4 Å². The van der Waals surface area contributed by atoms with Crippen LogP contribution in [0, 0.1) is 0 Å². The second-order valence-electron chi connectivity index (χ2n) is 8.17. The van der Waals surface area contributed by atoms with Gasteiger partial charge in [0.05, 0.1) is 11.1 Å². The minimum absolute atomic E-state index is 0. The van der Waals surface area contributed by atoms with Gasteiger partial charge >= 0.3 is 11.9 Å². The van der Waals surface area contributed by atoms with E-state index in [1.807, 2.05) is 48.5 Å². The van der Waals surface area contributed by atoms with Gasteiger partial charge in [-0.2, -0.15) is 0 Å². The van der Waals surface area contributed by atoms with Crippen molar-refractivity contribution in [2.75, 3.05) is 52.5 Å². The topological polar surface area (TPSA) is 59.1 Å². The van der Waals surface area contributed by atoms with Crippen molar-refractivity contribution in [1.82, 2.24) is 9.80 Å². The zero-order valence-electron chi connectivity index (χ0n) is 21.2. The Bertz CT molecular complexity index is 982. The molecule has 0 saturated carbocycles. The Hall–Kier alpha value is -2.67. The van der Waals surface area contributed by atoms with E-state index in [0.29, 0.717) is 59.0 Å². The van der Waals surface area contributed by atoms with Gasteiger partial charge in [0.2, 0.25) is 0 Å². The summed E-state index contributed by atoms with van der Waals surface area (Å²) in [7, 11) is 0. The van der Waals surface area contributed by atoms with Gasteiger partial charge in [-0.1, -0.05) is 76.2 Å². The summed E-state index contributed by atoms with van der Waals surface area (Å²) in [5.74, 6) is -0.748. The Balaban J connectivity index is 0.00000432. The van der Waals surface area contributed by atoms with Gasteiger partial charge in [0.15, 0.2) is 0 Å². The van der Waals surface area contributed by atoms with Crippen LogP contribution in [0.3, 0.4) is 0 Å². The number of benzene rings is 3. The number of fused-ring (bicyclic) bond motifs is 2. The molecule has 7 heteroatoms. The molecule has 0 heterocycles. The number of carbonyl (C=O) groups excluding carboxylic acids is 2. The molecule has 3 aromatic carbocycles. The van der Waals surface area contributed by atoms with Gasteiger partial charge in [-0.3, -0.25) is 0 Å². The lowest BCUT2D eigenvalue weighted by molar-refractivity contribution is 0.0459. The Kier molecular flexibility index (Phi) is 11.4. The van der Waals surface area contributed by atoms with Crippen molar-refractivity contribution in [2.45, 2.75) is 27.7 Å². The number of likely N-dealkylation sites (N-methyl/N-ethyl adjacent to an activating group) is 2. The highest BCUT2D eigenvalue weighted by Gasteiger charge is 2.23. The fourth-order valence-electron chi connectivity index (χ4n) is 4.33. The molecule has 3 rings (SSSR count). The predicted molar refractivity (Wildman–Crippen MR) is 145 cm³/mol. The summed E-state index contributed by atoms with van der Waals surface area (Å²) in [5.41, 5.74) is 0.982. The summed E-state index contributed by atoms with van der Waals surface area (Å²) in [4.78, 5) is 30.9. The first-order valence-electron chi connectivity index (χ1n) is 12.3. The molecule has 0 aliphatic carbocycles. The van der Waals surface area contributed by atoms with E-state index in [1.54, 1.807) is 0 Å². The largest absolute Gasteiger partial charge is 0.461 e. The average Bonchev–Trinajstić information content (AvgIpc) is 2.87. The third kappa shape index (κ3) is 6.72. The molecular weight excluding hydrogens is 464 g/mol. The van der Waals surface area contributed by atoms with Gasteiger partial charge < -0.3 is 19.3 Å². The quantitative estimate of drug-likeness (QED) is 0.245. The number of ether oxygens (including phenoxy) is 2. The average molecular weight is 501 g/mol. The first-order valence-corrected chi connectivity index (χ1v) is 12.3. The van der Waals surface area contributed by atoms with Crippen LogP contribution in [0.1, 0.15) is 48.4 Å². The second kappa shape index (κ2) is 14.0. The number of esters is 2. The van der Waals surface area contributed by atoms with E-state index in [-0.39, 0.29) is 24.3 Å². The summed E-state index contributed by atoms with van der Waals surface area (Å²) in [5, 5.41) is 2.80. The zero-order valence-corrected chi connectivity index (χ0v) is 22.0. The van der Waals surface area contributed by atoms with Crippen LogP contribution in [-0.4, -0.2) is 74.2 Å². The van der Waals surface area contributed by atoms with Crippen LogP contribution in [0.15, 0.2) is 48.5 Å². The predicted octanol–water partition coefficient (Wildman–Crippen LogP) is 5.41. The van der Waals surface area contributed by atoms with Gasteiger partial charge in [0.25, 0.3) is 0 Å². The summed E-state index contributed by atoms with van der Waals surface area (Å²) < 4.78 is 11.4. The van der Waals surface area contributed by atoms with Crippen LogP contribution in [0.4, 0.5) is 0 Å². The Labute approximate surface area is 214 Å². The summed E-state index contributed by atoms with van der Waals surface area (Å²) in [6.07, 6.45) is 0. The van der Waals surface area contributed by atoms with Crippen molar-refractivity contribution in [2.24, 2.45) is 0 Å². The first-order chi connectivity index (χ1) is 16.5. The maximum absolute atomic E-state index is 13.3. The third-order valence-corrected chi connectivity index (χ3v) is 6.41. The molecule has 0 aromatic heterocycles. The maximum atomic E-state index is 13.3. The molecule has 0 fully saturated rings. The van der Waals surface area contributed by atoms with E-state index < -0.39 is 0 Å². The molecule has 6 nitrogen and oxygen atoms in total. The highest BCUT2D eigenvalue weighted by molar-refractivity contribution is 6.24. The Morgan fingerprint density at radius 1 is 0.600 bits per heavy atom. The monoisotopic (exact) mass is 500 g/mol. The smallest absolute Gasteiger partial charge is 0.339 e. The van der Waals surface area contributed by atoms with E-state index in [2.05, 4.69) is 37.5 Å². The molecule has 0 bridgehead atoms. The lowest BCUT2D eigenvalue weighted by Gasteiger charge is -2.19. The van der Waals surface area contributed by atoms with Crippen LogP contribution in [0.5, 0.6) is 0 Å². The fraction of sp³-hybridized carbons (Fsp3) is 0.429. The minimum Gasteiger partial charge on any atom is -0.461 e. The summed E-state index contributed by atoms with van der Waals surface area (Å²) >= 11 is 0. The van der Waals surface area contributed by atoms with Gasteiger partial charge in [0.1, 0.15) is 13.2 Å². The molecule has 35 heavy (non-hydrogen) atoms. The van der Waals surface area contributed by atoms with E-state index in [0.717, 1.165) is 26.2 Å². The lowest BCUT2D eigenvalue weighted by Crippen LogP contribution is -2.28. The van der Waals surface area contributed by atoms with Gasteiger partial charge in [-0.25, -0.2) is 9.59 Å². The molecule has 190 valence electrons. The SMILES string of the molecule is CCN(CC)CCOC(=O)c1c2ccccc2c(C(=O)OCCN(CC)CC)c2ccccc12.Cl. The van der Waals surface area contributed by atoms with Crippen LogP contribution >= 0.6 is 12.4 Å². The summed E-state index contributed by atoms with van der Waals surface area (Å²) in [6, 6.07) is 15.0. The molecule has 0 spiro atoms. The molecule has 0 saturated heterocycles. The number of carbonyl (C=O) groups is 2. The molecule has 0 atom stereocenters. The van der Waals surface area contributed by atoms with Crippen molar-refractivity contribution in [3.63, 3.8) is 0 Å². The molecule has 0 N–H and O–H groups in total. The van der Waals surface area contributed by atoms with Crippen LogP contribution in [-0.2, 0) is 9.47 Å². The number of halogens is 1. The lowest BCUT2D eigenvalue weighted by atomic mass is 9.91.